The van der Waals surface area contributed by atoms with E-state index in [1.807, 2.05) is 30.8 Å². The predicted molar refractivity (Wildman–Crippen MR) is 98.0 cm³/mol. The Morgan fingerprint density at radius 1 is 1.27 bits per heavy atom. The smallest absolute Gasteiger partial charge is 0.191 e. The van der Waals surface area contributed by atoms with E-state index in [1.54, 1.807) is 12.1 Å². The first-order valence-corrected chi connectivity index (χ1v) is 9.39. The Hall–Kier alpha value is -0.910. The molecule has 1 aromatic rings. The Labute approximate surface area is 142 Å². The van der Waals surface area contributed by atoms with Gasteiger partial charge in [0.1, 0.15) is 0 Å². The number of rotatable bonds is 9. The highest BCUT2D eigenvalue weighted by molar-refractivity contribution is 7.98. The summed E-state index contributed by atoms with van der Waals surface area (Å²) in [4.78, 5) is 4.44. The average molecular weight is 344 g/mol. The number of nitrogens with one attached hydrogen (secondary N) is 2. The van der Waals surface area contributed by atoms with E-state index >= 15 is 0 Å². The highest BCUT2D eigenvalue weighted by Crippen LogP contribution is 2.16. The van der Waals surface area contributed by atoms with E-state index in [9.17, 15) is 5.11 Å². The van der Waals surface area contributed by atoms with Gasteiger partial charge < -0.3 is 15.7 Å². The maximum absolute atomic E-state index is 10.2. The van der Waals surface area contributed by atoms with E-state index < -0.39 is 6.10 Å². The standard InChI is InChI=1S/C16H26ClN3OS/c1-3-18-16(19-10-4-5-11-22-2)20-12-15(21)13-6-8-14(17)9-7-13/h6-9,15,21H,3-5,10-12H2,1-2H3,(H2,18,19,20). The molecular weight excluding hydrogens is 318 g/mol. The van der Waals surface area contributed by atoms with Gasteiger partial charge in [0.2, 0.25) is 0 Å². The van der Waals surface area contributed by atoms with Gasteiger partial charge in [-0.3, -0.25) is 4.99 Å². The van der Waals surface area contributed by atoms with Crippen molar-refractivity contribution < 1.29 is 5.11 Å². The molecule has 3 N–H and O–H groups in total. The Bertz CT molecular complexity index is 440. The summed E-state index contributed by atoms with van der Waals surface area (Å²) in [6.45, 7) is 4.04. The van der Waals surface area contributed by atoms with Crippen molar-refractivity contribution in [2.45, 2.75) is 25.9 Å². The van der Waals surface area contributed by atoms with E-state index in [4.69, 9.17) is 11.6 Å². The van der Waals surface area contributed by atoms with Crippen LogP contribution in [0.3, 0.4) is 0 Å². The van der Waals surface area contributed by atoms with Crippen LogP contribution in [0, 0.1) is 0 Å². The van der Waals surface area contributed by atoms with E-state index in [2.05, 4.69) is 21.9 Å². The zero-order valence-electron chi connectivity index (χ0n) is 13.3. The van der Waals surface area contributed by atoms with E-state index in [-0.39, 0.29) is 0 Å². The van der Waals surface area contributed by atoms with Gasteiger partial charge in [0.25, 0.3) is 0 Å². The van der Waals surface area contributed by atoms with Gasteiger partial charge in [-0.1, -0.05) is 23.7 Å². The largest absolute Gasteiger partial charge is 0.386 e. The second-order valence-corrected chi connectivity index (χ2v) is 6.34. The minimum atomic E-state index is -0.621. The number of nitrogens with zero attached hydrogens (tertiary/aromatic N) is 1. The first-order valence-electron chi connectivity index (χ1n) is 7.62. The molecule has 0 heterocycles. The Kier molecular flexibility index (Phi) is 10.1. The molecule has 22 heavy (non-hydrogen) atoms. The fourth-order valence-corrected chi connectivity index (χ4v) is 2.51. The normalized spacial score (nSPS) is 13.0. The van der Waals surface area contributed by atoms with Crippen molar-refractivity contribution in [1.29, 1.82) is 0 Å². The summed E-state index contributed by atoms with van der Waals surface area (Å²) in [6, 6.07) is 7.20. The lowest BCUT2D eigenvalue weighted by Gasteiger charge is -2.13. The maximum Gasteiger partial charge on any atom is 0.191 e. The minimum Gasteiger partial charge on any atom is -0.386 e. The molecule has 1 aromatic carbocycles. The van der Waals surface area contributed by atoms with Crippen LogP contribution in [0.5, 0.6) is 0 Å². The van der Waals surface area contributed by atoms with Crippen molar-refractivity contribution >= 4 is 29.3 Å². The molecule has 0 spiro atoms. The van der Waals surface area contributed by atoms with Gasteiger partial charge in [0.15, 0.2) is 5.96 Å². The van der Waals surface area contributed by atoms with Gasteiger partial charge in [-0.2, -0.15) is 11.8 Å². The zero-order chi connectivity index (χ0) is 16.2. The second kappa shape index (κ2) is 11.6. The van der Waals surface area contributed by atoms with Crippen LogP contribution in [0.4, 0.5) is 0 Å². The number of aliphatic hydroxyl groups is 1. The van der Waals surface area contributed by atoms with Gasteiger partial charge in [0, 0.05) is 18.1 Å². The first-order chi connectivity index (χ1) is 10.7. The van der Waals surface area contributed by atoms with Crippen LogP contribution in [0.1, 0.15) is 31.4 Å². The number of hydrogen-bond acceptors (Lipinski definition) is 3. The van der Waals surface area contributed by atoms with Crippen LogP contribution < -0.4 is 10.6 Å². The molecule has 1 atom stereocenters. The number of benzene rings is 1. The van der Waals surface area contributed by atoms with Crippen molar-refractivity contribution in [3.05, 3.63) is 34.9 Å². The van der Waals surface area contributed by atoms with Gasteiger partial charge in [-0.05, 0) is 49.5 Å². The van der Waals surface area contributed by atoms with Crippen LogP contribution >= 0.6 is 23.4 Å². The quantitative estimate of drug-likeness (QED) is 0.366. The highest BCUT2D eigenvalue weighted by Gasteiger charge is 2.07. The third-order valence-electron chi connectivity index (χ3n) is 3.09. The van der Waals surface area contributed by atoms with E-state index in [0.29, 0.717) is 11.6 Å². The van der Waals surface area contributed by atoms with Crippen LogP contribution in [0.2, 0.25) is 5.02 Å². The van der Waals surface area contributed by atoms with Gasteiger partial charge in [-0.15, -0.1) is 0 Å². The molecule has 0 aromatic heterocycles. The SMILES string of the molecule is CCNC(=NCC(O)c1ccc(Cl)cc1)NCCCCSC. The first kappa shape index (κ1) is 19.1. The van der Waals surface area contributed by atoms with Crippen molar-refractivity contribution in [2.75, 3.05) is 31.6 Å². The summed E-state index contributed by atoms with van der Waals surface area (Å²) < 4.78 is 0. The number of aliphatic imine (C=N–C) groups is 1. The molecule has 0 saturated carbocycles. The summed E-state index contributed by atoms with van der Waals surface area (Å²) in [7, 11) is 0. The third-order valence-corrected chi connectivity index (χ3v) is 4.04. The van der Waals surface area contributed by atoms with Crippen LogP contribution in [0.25, 0.3) is 0 Å². The van der Waals surface area contributed by atoms with Crippen molar-refractivity contribution in [3.8, 4) is 0 Å². The molecule has 1 unspecified atom stereocenters. The second-order valence-electron chi connectivity index (χ2n) is 4.91. The zero-order valence-corrected chi connectivity index (χ0v) is 14.9. The molecule has 6 heteroatoms. The fraction of sp³-hybridized carbons (Fsp3) is 0.562. The molecule has 0 fully saturated rings. The number of thioether (sulfide) groups is 1. The Balaban J connectivity index is 2.44. The molecule has 1 rings (SSSR count). The topological polar surface area (TPSA) is 56.7 Å². The van der Waals surface area contributed by atoms with Gasteiger partial charge in [0.05, 0.1) is 12.6 Å². The molecule has 0 saturated heterocycles. The Morgan fingerprint density at radius 3 is 2.64 bits per heavy atom. The lowest BCUT2D eigenvalue weighted by atomic mass is 10.1. The lowest BCUT2D eigenvalue weighted by Crippen LogP contribution is -2.38. The molecule has 0 aliphatic carbocycles. The molecule has 0 aliphatic rings. The van der Waals surface area contributed by atoms with Crippen molar-refractivity contribution in [2.24, 2.45) is 4.99 Å². The van der Waals surface area contributed by atoms with Gasteiger partial charge in [-0.25, -0.2) is 0 Å². The molecule has 0 amide bonds. The minimum absolute atomic E-state index is 0.321. The summed E-state index contributed by atoms with van der Waals surface area (Å²) in [5.74, 6) is 1.93. The number of aliphatic hydroxyl groups excluding tert-OH is 1. The molecule has 0 radical (unpaired) electrons. The fourth-order valence-electron chi connectivity index (χ4n) is 1.89. The maximum atomic E-state index is 10.2. The Morgan fingerprint density at radius 2 is 2.00 bits per heavy atom. The monoisotopic (exact) mass is 343 g/mol. The summed E-state index contributed by atoms with van der Waals surface area (Å²) in [5, 5.41) is 17.3. The van der Waals surface area contributed by atoms with Gasteiger partial charge >= 0.3 is 0 Å². The van der Waals surface area contributed by atoms with Crippen LogP contribution in [-0.2, 0) is 0 Å². The highest BCUT2D eigenvalue weighted by atomic mass is 35.5. The molecule has 0 bridgehead atoms. The number of guanidine groups is 1. The number of unbranched alkanes of at least 4 members (excludes halogenated alkanes) is 1. The molecule has 4 nitrogen and oxygen atoms in total. The summed E-state index contributed by atoms with van der Waals surface area (Å²) in [5.41, 5.74) is 0.823. The van der Waals surface area contributed by atoms with Crippen molar-refractivity contribution in [1.82, 2.24) is 10.6 Å². The average Bonchev–Trinajstić information content (AvgIpc) is 2.52. The molecule has 0 aliphatic heterocycles. The van der Waals surface area contributed by atoms with Crippen molar-refractivity contribution in [3.63, 3.8) is 0 Å². The van der Waals surface area contributed by atoms with Crippen LogP contribution in [-0.4, -0.2) is 42.7 Å². The predicted octanol–water partition coefficient (Wildman–Crippen LogP) is 3.07. The van der Waals surface area contributed by atoms with E-state index in [0.717, 1.165) is 31.0 Å². The number of halogens is 1. The van der Waals surface area contributed by atoms with E-state index in [1.165, 1.54) is 12.2 Å². The summed E-state index contributed by atoms with van der Waals surface area (Å²) in [6.07, 6.45) is 3.81. The molecular formula is C16H26ClN3OS. The third kappa shape index (κ3) is 7.92. The molecule has 124 valence electrons. The number of hydrogen-bond donors (Lipinski definition) is 3. The lowest BCUT2D eigenvalue weighted by molar-refractivity contribution is 0.187. The van der Waals surface area contributed by atoms with Crippen LogP contribution in [0.15, 0.2) is 29.3 Å². The summed E-state index contributed by atoms with van der Waals surface area (Å²) >= 11 is 7.72.